The number of methoxy groups -OCH3 is 1. The minimum Gasteiger partial charge on any atom is -0.469 e. The Hall–Kier alpha value is -1.17. The number of alkyl halides is 1. The van der Waals surface area contributed by atoms with Gasteiger partial charge in [0.15, 0.2) is 32.9 Å². The average Bonchev–Trinajstić information content (AvgIpc) is 3.34. The number of carbonyl (C=O) groups excluding carboxylic acids is 2. The standard InChI is InChI=1S/C37H65FO8Si/c1-8-9-10-16-27(46-47(6,7)37(2,3)4)21-22-28-29(25-31(39)30(38)17-15-18-34(40)41-5)33(45-36-20-12-14-24-43-36)26-32(28)44-35-19-11-13-23-42-35/h21-22,27-30,32-33,35-36H,8-20,23-26H2,1-7H3/b22-21+/t27?,28-,29-,30?,32-,33+,35?,36?/m1/s1. The lowest BCUT2D eigenvalue weighted by molar-refractivity contribution is -0.204. The molecule has 47 heavy (non-hydrogen) atoms. The number of hydrogen-bond acceptors (Lipinski definition) is 8. The minimum absolute atomic E-state index is 0.00583. The molecule has 3 rings (SSSR count). The summed E-state index contributed by atoms with van der Waals surface area (Å²) in [5.74, 6) is -1.33. The van der Waals surface area contributed by atoms with Crippen molar-refractivity contribution in [3.8, 4) is 0 Å². The van der Waals surface area contributed by atoms with E-state index < -0.39 is 26.2 Å². The summed E-state index contributed by atoms with van der Waals surface area (Å²) in [5, 5.41) is 0.0685. The third-order valence-electron chi connectivity index (χ3n) is 10.5. The van der Waals surface area contributed by atoms with Gasteiger partial charge in [-0.05, 0) is 75.9 Å². The molecule has 0 radical (unpaired) electrons. The van der Waals surface area contributed by atoms with E-state index in [0.717, 1.165) is 64.2 Å². The highest BCUT2D eigenvalue weighted by Gasteiger charge is 2.47. The van der Waals surface area contributed by atoms with Crippen LogP contribution in [0.15, 0.2) is 12.2 Å². The topological polar surface area (TPSA) is 89.5 Å². The maximum absolute atomic E-state index is 15.3. The van der Waals surface area contributed by atoms with Gasteiger partial charge >= 0.3 is 5.97 Å². The van der Waals surface area contributed by atoms with Gasteiger partial charge in [0.05, 0.1) is 25.4 Å². The molecule has 0 aromatic rings. The molecule has 3 fully saturated rings. The van der Waals surface area contributed by atoms with E-state index in [1.165, 1.54) is 7.11 Å². The summed E-state index contributed by atoms with van der Waals surface area (Å²) in [6, 6.07) is 0. The van der Waals surface area contributed by atoms with Crippen LogP contribution >= 0.6 is 0 Å². The smallest absolute Gasteiger partial charge is 0.305 e. The van der Waals surface area contributed by atoms with Crippen LogP contribution in [-0.4, -0.2) is 77.5 Å². The van der Waals surface area contributed by atoms with Gasteiger partial charge in [-0.2, -0.15) is 0 Å². The zero-order valence-electron chi connectivity index (χ0n) is 30.4. The second kappa shape index (κ2) is 19.9. The second-order valence-electron chi connectivity index (χ2n) is 15.3. The van der Waals surface area contributed by atoms with Crippen molar-refractivity contribution in [3.05, 3.63) is 12.2 Å². The van der Waals surface area contributed by atoms with Crippen LogP contribution in [0.5, 0.6) is 0 Å². The number of hydrogen-bond donors (Lipinski definition) is 0. The Balaban J connectivity index is 1.89. The fourth-order valence-electron chi connectivity index (χ4n) is 6.59. The monoisotopic (exact) mass is 684 g/mol. The minimum atomic E-state index is -2.06. The third kappa shape index (κ3) is 13.2. The highest BCUT2D eigenvalue weighted by molar-refractivity contribution is 6.74. The molecule has 0 N–H and O–H groups in total. The summed E-state index contributed by atoms with van der Waals surface area (Å²) in [6.45, 7) is 14.9. The summed E-state index contributed by atoms with van der Waals surface area (Å²) in [6.07, 6.45) is 12.4. The van der Waals surface area contributed by atoms with Crippen LogP contribution < -0.4 is 0 Å². The number of halogens is 1. The van der Waals surface area contributed by atoms with Gasteiger partial charge in [0, 0.05) is 44.3 Å². The van der Waals surface area contributed by atoms with Crippen LogP contribution in [-0.2, 0) is 37.7 Å². The van der Waals surface area contributed by atoms with Crippen LogP contribution in [0.3, 0.4) is 0 Å². The number of rotatable bonds is 19. The normalized spacial score (nSPS) is 28.8. The molecule has 0 amide bonds. The molecule has 2 aliphatic heterocycles. The first-order valence-corrected chi connectivity index (χ1v) is 21.4. The van der Waals surface area contributed by atoms with Crippen molar-refractivity contribution in [3.63, 3.8) is 0 Å². The van der Waals surface area contributed by atoms with Crippen LogP contribution in [0, 0.1) is 11.8 Å². The van der Waals surface area contributed by atoms with Gasteiger partial charge in [-0.15, -0.1) is 0 Å². The Morgan fingerprint density at radius 3 is 2.13 bits per heavy atom. The zero-order chi connectivity index (χ0) is 34.5. The Kier molecular flexibility index (Phi) is 17.0. The van der Waals surface area contributed by atoms with Gasteiger partial charge < -0.3 is 28.1 Å². The summed E-state index contributed by atoms with van der Waals surface area (Å²) in [7, 11) is -0.750. The third-order valence-corrected chi connectivity index (χ3v) is 15.0. The summed E-state index contributed by atoms with van der Waals surface area (Å²) < 4.78 is 52.2. The van der Waals surface area contributed by atoms with Crippen molar-refractivity contribution in [2.75, 3.05) is 20.3 Å². The first kappa shape index (κ1) is 40.3. The molecule has 2 saturated heterocycles. The number of ether oxygens (including phenoxy) is 5. The molecule has 1 aliphatic carbocycles. The van der Waals surface area contributed by atoms with Gasteiger partial charge in [0.2, 0.25) is 0 Å². The molecule has 4 unspecified atom stereocenters. The highest BCUT2D eigenvalue weighted by Crippen LogP contribution is 2.43. The van der Waals surface area contributed by atoms with E-state index in [-0.39, 0.29) is 73.4 Å². The number of carbonyl (C=O) groups is 2. The first-order valence-electron chi connectivity index (χ1n) is 18.5. The Morgan fingerprint density at radius 1 is 0.936 bits per heavy atom. The van der Waals surface area contributed by atoms with Gasteiger partial charge in [0.25, 0.3) is 0 Å². The predicted octanol–water partition coefficient (Wildman–Crippen LogP) is 8.61. The van der Waals surface area contributed by atoms with Crippen LogP contribution in [0.4, 0.5) is 4.39 Å². The Bertz CT molecular complexity index is 956. The maximum atomic E-state index is 15.3. The molecule has 8 atom stereocenters. The molecule has 0 aromatic carbocycles. The lowest BCUT2D eigenvalue weighted by Gasteiger charge is -2.39. The van der Waals surface area contributed by atoms with Crippen molar-refractivity contribution in [1.82, 2.24) is 0 Å². The molecule has 272 valence electrons. The fraction of sp³-hybridized carbons (Fsp3) is 0.892. The van der Waals surface area contributed by atoms with E-state index in [4.69, 9.17) is 23.4 Å². The number of ketones is 1. The summed E-state index contributed by atoms with van der Waals surface area (Å²) >= 11 is 0. The van der Waals surface area contributed by atoms with Gasteiger partial charge in [-0.1, -0.05) is 59.1 Å². The van der Waals surface area contributed by atoms with Crippen molar-refractivity contribution in [2.45, 2.75) is 179 Å². The van der Waals surface area contributed by atoms with E-state index >= 15 is 4.39 Å². The van der Waals surface area contributed by atoms with Gasteiger partial charge in [-0.25, -0.2) is 4.39 Å². The van der Waals surface area contributed by atoms with Crippen molar-refractivity contribution < 1.29 is 42.1 Å². The lowest BCUT2D eigenvalue weighted by Crippen LogP contribution is -2.43. The van der Waals surface area contributed by atoms with Gasteiger partial charge in [-0.3, -0.25) is 9.59 Å². The number of Topliss-reactive ketones (excluding diaryl/α,β-unsaturated/α-hetero) is 1. The maximum Gasteiger partial charge on any atom is 0.305 e. The van der Waals surface area contributed by atoms with E-state index in [0.29, 0.717) is 19.6 Å². The molecule has 2 heterocycles. The Morgan fingerprint density at radius 2 is 1.57 bits per heavy atom. The number of esters is 1. The van der Waals surface area contributed by atoms with Gasteiger partial charge in [0.1, 0.15) is 0 Å². The van der Waals surface area contributed by atoms with Crippen molar-refractivity contribution in [2.24, 2.45) is 11.8 Å². The predicted molar refractivity (Wildman–Crippen MR) is 184 cm³/mol. The zero-order valence-corrected chi connectivity index (χ0v) is 31.4. The van der Waals surface area contributed by atoms with Crippen LogP contribution in [0.2, 0.25) is 18.1 Å². The van der Waals surface area contributed by atoms with Crippen molar-refractivity contribution >= 4 is 20.1 Å². The molecule has 0 aromatic heterocycles. The lowest BCUT2D eigenvalue weighted by atomic mass is 9.86. The highest BCUT2D eigenvalue weighted by atomic mass is 28.4. The van der Waals surface area contributed by atoms with Crippen molar-refractivity contribution in [1.29, 1.82) is 0 Å². The first-order chi connectivity index (χ1) is 22.3. The molecule has 3 aliphatic rings. The molecule has 0 spiro atoms. The summed E-state index contributed by atoms with van der Waals surface area (Å²) in [5.41, 5.74) is 0. The largest absolute Gasteiger partial charge is 0.469 e. The van der Waals surface area contributed by atoms with E-state index in [1.807, 2.05) is 0 Å². The van der Waals surface area contributed by atoms with Crippen LogP contribution in [0.25, 0.3) is 0 Å². The van der Waals surface area contributed by atoms with E-state index in [2.05, 4.69) is 57.7 Å². The molecular formula is C37H65FO8Si. The van der Waals surface area contributed by atoms with Crippen LogP contribution in [0.1, 0.15) is 124 Å². The molecular weight excluding hydrogens is 619 g/mol. The SMILES string of the molecule is CCCCCC(/C=C/[C@@H]1[C@@H](CC(=O)C(F)CCCC(=O)OC)[C@@H](OC2CCCCO2)C[C@H]1OC1CCCCO1)O[Si](C)(C)C(C)(C)C. The Labute approximate surface area is 285 Å². The quantitative estimate of drug-likeness (QED) is 0.0579. The average molecular weight is 685 g/mol. The second-order valence-corrected chi connectivity index (χ2v) is 20.1. The number of unbranched alkanes of at least 4 members (excludes halogenated alkanes) is 2. The molecule has 8 nitrogen and oxygen atoms in total. The molecule has 1 saturated carbocycles. The van der Waals surface area contributed by atoms with E-state index in [9.17, 15) is 9.59 Å². The molecule has 0 bridgehead atoms. The summed E-state index contributed by atoms with van der Waals surface area (Å²) in [4.78, 5) is 25.0. The van der Waals surface area contributed by atoms with E-state index in [1.54, 1.807) is 0 Å². The molecule has 10 heteroatoms. The fourth-order valence-corrected chi connectivity index (χ4v) is 7.90.